The zero-order valence-electron chi connectivity index (χ0n) is 17.7. The lowest BCUT2D eigenvalue weighted by molar-refractivity contribution is -0.388. The van der Waals surface area contributed by atoms with E-state index in [1.165, 1.54) is 16.9 Å². The minimum atomic E-state index is -5.16. The van der Waals surface area contributed by atoms with E-state index in [1.54, 1.807) is 0 Å². The second-order valence-corrected chi connectivity index (χ2v) is 7.89. The first kappa shape index (κ1) is 25.5. The van der Waals surface area contributed by atoms with Gasteiger partial charge in [0.15, 0.2) is 0 Å². The molecule has 2 saturated heterocycles. The Hall–Kier alpha value is -3.10. The summed E-state index contributed by atoms with van der Waals surface area (Å²) in [6, 6.07) is -1.97. The van der Waals surface area contributed by atoms with Crippen LogP contribution >= 0.6 is 0 Å². The normalized spacial score (nSPS) is 23.7. The number of nitro groups is 1. The fourth-order valence-corrected chi connectivity index (χ4v) is 4.24. The predicted octanol–water partition coefficient (Wildman–Crippen LogP) is 2.90. The number of methoxy groups -OCH3 is 1. The highest BCUT2D eigenvalue weighted by Gasteiger charge is 2.53. The van der Waals surface area contributed by atoms with E-state index in [0.29, 0.717) is 12.1 Å². The number of amides is 2. The van der Waals surface area contributed by atoms with Crippen molar-refractivity contribution in [3.05, 3.63) is 39.4 Å². The summed E-state index contributed by atoms with van der Waals surface area (Å²) in [5, 5.41) is 13.1. The third-order valence-electron chi connectivity index (χ3n) is 5.90. The van der Waals surface area contributed by atoms with Crippen LogP contribution in [-0.4, -0.2) is 78.3 Å². The molecule has 2 heterocycles. The molecule has 9 nitrogen and oxygen atoms in total. The lowest BCUT2D eigenvalue weighted by Crippen LogP contribution is -2.55. The van der Waals surface area contributed by atoms with Crippen LogP contribution in [-0.2, 0) is 15.7 Å². The van der Waals surface area contributed by atoms with Gasteiger partial charge in [-0.15, -0.1) is 0 Å². The molecular formula is C19H20F6N4O5. The maximum atomic E-state index is 13.7. The molecule has 0 radical (unpaired) electrons. The molecule has 15 heteroatoms. The van der Waals surface area contributed by atoms with Gasteiger partial charge in [0.25, 0.3) is 5.69 Å². The van der Waals surface area contributed by atoms with Crippen LogP contribution in [0.15, 0.2) is 18.2 Å². The number of nitrogens with zero attached hydrogens (tertiary/aromatic N) is 3. The summed E-state index contributed by atoms with van der Waals surface area (Å²) < 4.78 is 85.7. The van der Waals surface area contributed by atoms with Gasteiger partial charge in [0.2, 0.25) is 5.91 Å². The molecule has 2 amide bonds. The van der Waals surface area contributed by atoms with Crippen molar-refractivity contribution in [2.45, 2.75) is 36.8 Å². The number of alkyl halides is 6. The van der Waals surface area contributed by atoms with E-state index in [-0.39, 0.29) is 26.2 Å². The van der Waals surface area contributed by atoms with Gasteiger partial charge in [0.05, 0.1) is 18.1 Å². The third kappa shape index (κ3) is 5.18. The van der Waals surface area contributed by atoms with E-state index >= 15 is 0 Å². The molecular weight excluding hydrogens is 478 g/mol. The van der Waals surface area contributed by atoms with Crippen LogP contribution in [0.5, 0.6) is 0 Å². The molecule has 0 spiro atoms. The van der Waals surface area contributed by atoms with Gasteiger partial charge in [-0.2, -0.15) is 26.3 Å². The molecule has 1 aromatic rings. The predicted molar refractivity (Wildman–Crippen MR) is 103 cm³/mol. The van der Waals surface area contributed by atoms with Crippen molar-refractivity contribution < 1.29 is 45.6 Å². The van der Waals surface area contributed by atoms with Crippen molar-refractivity contribution in [3.63, 3.8) is 0 Å². The monoisotopic (exact) mass is 498 g/mol. The highest BCUT2D eigenvalue weighted by atomic mass is 19.4. The second kappa shape index (κ2) is 9.27. The number of halogens is 6. The van der Waals surface area contributed by atoms with Crippen LogP contribution in [0.3, 0.4) is 0 Å². The SMILES string of the molecule is COC(=O)N1CCN(C(=O)C2CC(c3ccc([N+](=O)[O-])c(C(F)(F)F)c3)C(C(F)(F)F)N2)CC1. The van der Waals surface area contributed by atoms with E-state index in [4.69, 9.17) is 0 Å². The van der Waals surface area contributed by atoms with Crippen LogP contribution in [0.25, 0.3) is 0 Å². The third-order valence-corrected chi connectivity index (χ3v) is 5.90. The van der Waals surface area contributed by atoms with Gasteiger partial charge >= 0.3 is 18.4 Å². The van der Waals surface area contributed by atoms with E-state index in [1.807, 2.05) is 0 Å². The van der Waals surface area contributed by atoms with Crippen LogP contribution < -0.4 is 5.32 Å². The average Bonchev–Trinajstić information content (AvgIpc) is 3.23. The minimum absolute atomic E-state index is 0.0449. The molecule has 0 saturated carbocycles. The Labute approximate surface area is 188 Å². The lowest BCUT2D eigenvalue weighted by Gasteiger charge is -2.35. The van der Waals surface area contributed by atoms with Gasteiger partial charge in [-0.1, -0.05) is 6.07 Å². The van der Waals surface area contributed by atoms with E-state index in [0.717, 1.165) is 6.07 Å². The number of ether oxygens (including phenoxy) is 1. The first-order chi connectivity index (χ1) is 15.7. The lowest BCUT2D eigenvalue weighted by atomic mass is 9.88. The highest BCUT2D eigenvalue weighted by molar-refractivity contribution is 5.83. The molecule has 188 valence electrons. The highest BCUT2D eigenvalue weighted by Crippen LogP contribution is 2.43. The van der Waals surface area contributed by atoms with Gasteiger partial charge in [0.1, 0.15) is 11.6 Å². The molecule has 3 atom stereocenters. The molecule has 0 aromatic heterocycles. The topological polar surface area (TPSA) is 105 Å². The summed E-state index contributed by atoms with van der Waals surface area (Å²) in [7, 11) is 1.18. The number of carbonyl (C=O) groups excluding carboxylic acids is 2. The molecule has 3 unspecified atom stereocenters. The van der Waals surface area contributed by atoms with Gasteiger partial charge in [-0.05, 0) is 18.1 Å². The van der Waals surface area contributed by atoms with Crippen molar-refractivity contribution in [3.8, 4) is 0 Å². The van der Waals surface area contributed by atoms with Crippen LogP contribution in [0.4, 0.5) is 36.8 Å². The number of nitro benzene ring substituents is 1. The number of piperazine rings is 1. The quantitative estimate of drug-likeness (QED) is 0.391. The zero-order chi connectivity index (χ0) is 25.4. The van der Waals surface area contributed by atoms with Gasteiger partial charge in [-0.3, -0.25) is 20.2 Å². The zero-order valence-corrected chi connectivity index (χ0v) is 17.7. The second-order valence-electron chi connectivity index (χ2n) is 7.89. The molecule has 2 fully saturated rings. The minimum Gasteiger partial charge on any atom is -0.453 e. The van der Waals surface area contributed by atoms with Crippen molar-refractivity contribution in [1.82, 2.24) is 15.1 Å². The number of benzene rings is 1. The Morgan fingerprint density at radius 2 is 1.68 bits per heavy atom. The fourth-order valence-electron chi connectivity index (χ4n) is 4.24. The van der Waals surface area contributed by atoms with Crippen LogP contribution in [0.1, 0.15) is 23.5 Å². The molecule has 0 bridgehead atoms. The average molecular weight is 498 g/mol. The Morgan fingerprint density at radius 1 is 1.09 bits per heavy atom. The maximum absolute atomic E-state index is 13.7. The number of hydrogen-bond donors (Lipinski definition) is 1. The van der Waals surface area contributed by atoms with Crippen molar-refractivity contribution in [2.24, 2.45) is 0 Å². The molecule has 1 N–H and O–H groups in total. The summed E-state index contributed by atoms with van der Waals surface area (Å²) in [5.74, 6) is -2.26. The first-order valence-corrected chi connectivity index (χ1v) is 10.0. The molecule has 1 aromatic carbocycles. The summed E-state index contributed by atoms with van der Waals surface area (Å²) in [5.41, 5.74) is -3.36. The Bertz CT molecular complexity index is 961. The van der Waals surface area contributed by atoms with Gasteiger partial charge in [0, 0.05) is 38.2 Å². The van der Waals surface area contributed by atoms with E-state index in [9.17, 15) is 46.0 Å². The van der Waals surface area contributed by atoms with Gasteiger partial charge < -0.3 is 14.5 Å². The smallest absolute Gasteiger partial charge is 0.423 e. The molecule has 3 rings (SSSR count). The van der Waals surface area contributed by atoms with Gasteiger partial charge in [-0.25, -0.2) is 4.79 Å². The van der Waals surface area contributed by atoms with Crippen molar-refractivity contribution in [2.75, 3.05) is 33.3 Å². The number of rotatable bonds is 3. The summed E-state index contributed by atoms with van der Waals surface area (Å²) in [6.45, 7) is 0.301. The van der Waals surface area contributed by atoms with E-state index < -0.39 is 70.5 Å². The largest absolute Gasteiger partial charge is 0.453 e. The summed E-state index contributed by atoms with van der Waals surface area (Å²) >= 11 is 0. The summed E-state index contributed by atoms with van der Waals surface area (Å²) in [4.78, 5) is 36.7. The fraction of sp³-hybridized carbons (Fsp3) is 0.579. The number of carbonyl (C=O) groups is 2. The van der Waals surface area contributed by atoms with Crippen LogP contribution in [0, 0.1) is 10.1 Å². The maximum Gasteiger partial charge on any atom is 0.423 e. The Balaban J connectivity index is 1.84. The number of nitrogens with one attached hydrogen (secondary N) is 1. The molecule has 0 aliphatic carbocycles. The van der Waals surface area contributed by atoms with Crippen molar-refractivity contribution in [1.29, 1.82) is 0 Å². The van der Waals surface area contributed by atoms with Crippen LogP contribution in [0.2, 0.25) is 0 Å². The standard InChI is InChI=1S/C19H20F6N4O5/c1-34-17(31)28-6-4-27(5-7-28)16(30)13-9-11(15(26-13)19(23,24)25)10-2-3-14(29(32)33)12(8-10)18(20,21)22/h2-3,8,11,13,15,26H,4-7,9H2,1H3. The number of hydrogen-bond acceptors (Lipinski definition) is 6. The molecule has 34 heavy (non-hydrogen) atoms. The first-order valence-electron chi connectivity index (χ1n) is 10.0. The Morgan fingerprint density at radius 3 is 2.18 bits per heavy atom. The van der Waals surface area contributed by atoms with E-state index in [2.05, 4.69) is 10.1 Å². The molecule has 2 aliphatic heterocycles. The Kier molecular flexibility index (Phi) is 6.96. The van der Waals surface area contributed by atoms with Crippen molar-refractivity contribution >= 4 is 17.7 Å². The summed E-state index contributed by atoms with van der Waals surface area (Å²) in [6.07, 6.45) is -11.1. The molecule has 2 aliphatic rings.